The third kappa shape index (κ3) is 3.54. The number of urea groups is 1. The number of anilines is 1. The van der Waals surface area contributed by atoms with E-state index < -0.39 is 5.97 Å². The number of carbonyl (C=O) groups is 2. The SMILES string of the molecule is CCCN(CC(=O)O)C(=O)N1CCCc2cc(C)ccc21. The van der Waals surface area contributed by atoms with Crippen molar-refractivity contribution in [2.75, 3.05) is 24.5 Å². The Morgan fingerprint density at radius 2 is 2.14 bits per heavy atom. The average Bonchev–Trinajstić information content (AvgIpc) is 2.44. The lowest BCUT2D eigenvalue weighted by molar-refractivity contribution is -0.137. The maximum Gasteiger partial charge on any atom is 0.325 e. The lowest BCUT2D eigenvalue weighted by Crippen LogP contribution is -2.47. The molecular formula is C16H22N2O3. The number of carboxylic acid groups (broad SMARTS) is 1. The highest BCUT2D eigenvalue weighted by molar-refractivity contribution is 5.94. The molecule has 2 amide bonds. The smallest absolute Gasteiger partial charge is 0.325 e. The number of aliphatic carboxylic acids is 1. The van der Waals surface area contributed by atoms with Crippen LogP contribution < -0.4 is 4.90 Å². The number of rotatable bonds is 4. The number of benzene rings is 1. The van der Waals surface area contributed by atoms with E-state index in [1.807, 2.05) is 26.0 Å². The number of hydrogen-bond acceptors (Lipinski definition) is 2. The summed E-state index contributed by atoms with van der Waals surface area (Å²) < 4.78 is 0. The molecule has 1 N–H and O–H groups in total. The van der Waals surface area contributed by atoms with E-state index in [0.717, 1.165) is 24.9 Å². The van der Waals surface area contributed by atoms with Crippen LogP contribution in [-0.4, -0.2) is 41.6 Å². The van der Waals surface area contributed by atoms with Gasteiger partial charge >= 0.3 is 12.0 Å². The van der Waals surface area contributed by atoms with Crippen LogP contribution >= 0.6 is 0 Å². The van der Waals surface area contributed by atoms with Gasteiger partial charge < -0.3 is 10.0 Å². The second kappa shape index (κ2) is 6.61. The molecule has 1 aliphatic heterocycles. The number of nitrogens with zero attached hydrogens (tertiary/aromatic N) is 2. The predicted molar refractivity (Wildman–Crippen MR) is 81.7 cm³/mol. The van der Waals surface area contributed by atoms with Crippen molar-refractivity contribution >= 4 is 17.7 Å². The Kier molecular flexibility index (Phi) is 4.83. The Morgan fingerprint density at radius 1 is 1.38 bits per heavy atom. The molecule has 0 aliphatic carbocycles. The molecule has 2 rings (SSSR count). The number of carboxylic acids is 1. The van der Waals surface area contributed by atoms with Crippen LogP contribution in [0.1, 0.15) is 30.9 Å². The van der Waals surface area contributed by atoms with Gasteiger partial charge in [-0.1, -0.05) is 24.6 Å². The fraction of sp³-hybridized carbons (Fsp3) is 0.500. The van der Waals surface area contributed by atoms with Crippen molar-refractivity contribution in [2.45, 2.75) is 33.1 Å². The summed E-state index contributed by atoms with van der Waals surface area (Å²) in [7, 11) is 0. The van der Waals surface area contributed by atoms with E-state index in [1.165, 1.54) is 16.0 Å². The first-order valence-corrected chi connectivity index (χ1v) is 7.40. The molecular weight excluding hydrogens is 268 g/mol. The Hall–Kier alpha value is -2.04. The first-order valence-electron chi connectivity index (χ1n) is 7.40. The minimum absolute atomic E-state index is 0.205. The van der Waals surface area contributed by atoms with E-state index in [1.54, 1.807) is 4.90 Å². The topological polar surface area (TPSA) is 60.9 Å². The first-order chi connectivity index (χ1) is 10.0. The number of aryl methyl sites for hydroxylation is 2. The van der Waals surface area contributed by atoms with Crippen molar-refractivity contribution in [1.82, 2.24) is 4.90 Å². The molecule has 5 nitrogen and oxygen atoms in total. The molecule has 1 aliphatic rings. The van der Waals surface area contributed by atoms with Gasteiger partial charge in [-0.3, -0.25) is 9.69 Å². The summed E-state index contributed by atoms with van der Waals surface area (Å²) in [6.45, 7) is 4.84. The molecule has 0 unspecified atom stereocenters. The van der Waals surface area contributed by atoms with Crippen LogP contribution in [0, 0.1) is 6.92 Å². The molecule has 0 saturated heterocycles. The van der Waals surface area contributed by atoms with Crippen molar-refractivity contribution in [3.63, 3.8) is 0 Å². The van der Waals surface area contributed by atoms with Crippen LogP contribution in [0.15, 0.2) is 18.2 Å². The minimum Gasteiger partial charge on any atom is -0.480 e. The molecule has 1 aromatic carbocycles. The molecule has 0 aromatic heterocycles. The first kappa shape index (κ1) is 15.4. The van der Waals surface area contributed by atoms with Gasteiger partial charge in [-0.05, 0) is 37.8 Å². The summed E-state index contributed by atoms with van der Waals surface area (Å²) in [6, 6.07) is 5.86. The number of fused-ring (bicyclic) bond motifs is 1. The van der Waals surface area contributed by atoms with Gasteiger partial charge in [0.15, 0.2) is 0 Å². The Balaban J connectivity index is 2.25. The lowest BCUT2D eigenvalue weighted by Gasteiger charge is -2.34. The lowest BCUT2D eigenvalue weighted by atomic mass is 10.00. The molecule has 0 radical (unpaired) electrons. The van der Waals surface area contributed by atoms with E-state index in [2.05, 4.69) is 6.07 Å². The molecule has 0 fully saturated rings. The second-order valence-corrected chi connectivity index (χ2v) is 5.49. The van der Waals surface area contributed by atoms with Gasteiger partial charge in [0.05, 0.1) is 0 Å². The summed E-state index contributed by atoms with van der Waals surface area (Å²) >= 11 is 0. The van der Waals surface area contributed by atoms with Crippen molar-refractivity contribution in [3.05, 3.63) is 29.3 Å². The van der Waals surface area contributed by atoms with E-state index in [0.29, 0.717) is 13.1 Å². The van der Waals surface area contributed by atoms with Gasteiger partial charge in [0.2, 0.25) is 0 Å². The monoisotopic (exact) mass is 290 g/mol. The number of carbonyl (C=O) groups excluding carboxylic acids is 1. The quantitative estimate of drug-likeness (QED) is 0.927. The van der Waals surface area contributed by atoms with E-state index >= 15 is 0 Å². The van der Waals surface area contributed by atoms with Crippen molar-refractivity contribution in [3.8, 4) is 0 Å². The Bertz CT molecular complexity index is 542. The third-order valence-electron chi connectivity index (χ3n) is 3.67. The van der Waals surface area contributed by atoms with Gasteiger partial charge in [0.25, 0.3) is 0 Å². The minimum atomic E-state index is -0.974. The Morgan fingerprint density at radius 3 is 2.81 bits per heavy atom. The van der Waals surface area contributed by atoms with Crippen LogP contribution in [0.5, 0.6) is 0 Å². The van der Waals surface area contributed by atoms with E-state index in [4.69, 9.17) is 5.11 Å². The molecule has 114 valence electrons. The third-order valence-corrected chi connectivity index (χ3v) is 3.67. The second-order valence-electron chi connectivity index (χ2n) is 5.49. The zero-order chi connectivity index (χ0) is 15.4. The highest BCUT2D eigenvalue weighted by Crippen LogP contribution is 2.28. The van der Waals surface area contributed by atoms with Gasteiger partial charge in [0, 0.05) is 18.8 Å². The van der Waals surface area contributed by atoms with Crippen molar-refractivity contribution in [1.29, 1.82) is 0 Å². The molecule has 1 heterocycles. The van der Waals surface area contributed by atoms with Gasteiger partial charge in [-0.15, -0.1) is 0 Å². The number of hydrogen-bond donors (Lipinski definition) is 1. The maximum atomic E-state index is 12.7. The summed E-state index contributed by atoms with van der Waals surface area (Å²) in [5, 5.41) is 8.98. The van der Waals surface area contributed by atoms with Crippen molar-refractivity contribution in [2.24, 2.45) is 0 Å². The zero-order valence-corrected chi connectivity index (χ0v) is 12.6. The molecule has 0 saturated carbocycles. The summed E-state index contributed by atoms with van der Waals surface area (Å²) in [5.74, 6) is -0.974. The largest absolute Gasteiger partial charge is 0.480 e. The maximum absolute atomic E-state index is 12.7. The van der Waals surface area contributed by atoms with Crippen LogP contribution in [0.2, 0.25) is 0 Å². The van der Waals surface area contributed by atoms with E-state index in [9.17, 15) is 9.59 Å². The van der Waals surface area contributed by atoms with Crippen LogP contribution in [0.3, 0.4) is 0 Å². The summed E-state index contributed by atoms with van der Waals surface area (Å²) in [5.41, 5.74) is 3.27. The molecule has 0 spiro atoms. The van der Waals surface area contributed by atoms with Gasteiger partial charge in [-0.2, -0.15) is 0 Å². The number of amides is 2. The highest BCUT2D eigenvalue weighted by Gasteiger charge is 2.27. The predicted octanol–water partition coefficient (Wildman–Crippen LogP) is 2.66. The molecule has 0 bridgehead atoms. The zero-order valence-electron chi connectivity index (χ0n) is 12.6. The Labute approximate surface area is 125 Å². The average molecular weight is 290 g/mol. The highest BCUT2D eigenvalue weighted by atomic mass is 16.4. The molecule has 0 atom stereocenters. The standard InChI is InChI=1S/C16H22N2O3/c1-3-8-17(11-15(19)20)16(21)18-9-4-5-13-10-12(2)6-7-14(13)18/h6-7,10H,3-5,8-9,11H2,1-2H3,(H,19,20). The van der Waals surface area contributed by atoms with Gasteiger partial charge in [0.1, 0.15) is 6.54 Å². The van der Waals surface area contributed by atoms with Crippen LogP contribution in [0.25, 0.3) is 0 Å². The normalized spacial score (nSPS) is 13.7. The fourth-order valence-electron chi connectivity index (χ4n) is 2.77. The van der Waals surface area contributed by atoms with Crippen molar-refractivity contribution < 1.29 is 14.7 Å². The molecule has 21 heavy (non-hydrogen) atoms. The van der Waals surface area contributed by atoms with E-state index in [-0.39, 0.29) is 12.6 Å². The molecule has 5 heteroatoms. The van der Waals surface area contributed by atoms with Crippen LogP contribution in [0.4, 0.5) is 10.5 Å². The van der Waals surface area contributed by atoms with Gasteiger partial charge in [-0.25, -0.2) is 4.79 Å². The summed E-state index contributed by atoms with van der Waals surface area (Å²) in [6.07, 6.45) is 2.62. The fourth-order valence-corrected chi connectivity index (χ4v) is 2.77. The summed E-state index contributed by atoms with van der Waals surface area (Å²) in [4.78, 5) is 26.7. The molecule has 1 aromatic rings. The van der Waals surface area contributed by atoms with Crippen LogP contribution in [-0.2, 0) is 11.2 Å².